The highest BCUT2D eigenvalue weighted by molar-refractivity contribution is 7.86. The van der Waals surface area contributed by atoms with Crippen LogP contribution in [0.15, 0.2) is 155 Å². The van der Waals surface area contributed by atoms with Crippen LogP contribution in [0.3, 0.4) is 0 Å². The van der Waals surface area contributed by atoms with Crippen molar-refractivity contribution in [2.75, 3.05) is 0 Å². The Morgan fingerprint density at radius 2 is 0.974 bits per heavy atom. The zero-order valence-electron chi connectivity index (χ0n) is 21.0. The minimum absolute atomic E-state index is 0.157. The van der Waals surface area contributed by atoms with Crippen LogP contribution in [0, 0.1) is 0 Å². The van der Waals surface area contributed by atoms with E-state index in [9.17, 15) is 13.0 Å². The lowest BCUT2D eigenvalue weighted by Crippen LogP contribution is -1.98. The van der Waals surface area contributed by atoms with Gasteiger partial charge < -0.3 is 4.55 Å². The van der Waals surface area contributed by atoms with Gasteiger partial charge in [0.2, 0.25) is 0 Å². The summed E-state index contributed by atoms with van der Waals surface area (Å²) < 4.78 is 32.7. The van der Waals surface area contributed by atoms with Crippen molar-refractivity contribution in [1.82, 2.24) is 0 Å². The van der Waals surface area contributed by atoms with E-state index in [4.69, 9.17) is 0 Å². The number of hydrogen-bond donors (Lipinski definition) is 0. The summed E-state index contributed by atoms with van der Waals surface area (Å²) in [6, 6.07) is 47.7. The molecule has 6 aromatic carbocycles. The zero-order valence-corrected chi connectivity index (χ0v) is 22.8. The van der Waals surface area contributed by atoms with E-state index in [0.717, 1.165) is 10.3 Å². The average Bonchev–Trinajstić information content (AvgIpc) is 2.98. The van der Waals surface area contributed by atoms with Crippen molar-refractivity contribution in [2.45, 2.75) is 9.79 Å². The van der Waals surface area contributed by atoms with E-state index in [1.807, 2.05) is 0 Å². The first-order valence-electron chi connectivity index (χ1n) is 12.4. The topological polar surface area (TPSA) is 57.2 Å². The van der Waals surface area contributed by atoms with Crippen molar-refractivity contribution in [3.63, 3.8) is 0 Å². The molecule has 0 heterocycles. The average molecular weight is 547 g/mol. The maximum atomic E-state index is 10.9. The van der Waals surface area contributed by atoms with Gasteiger partial charge >= 0.3 is 0 Å². The van der Waals surface area contributed by atoms with Crippen LogP contribution in [-0.2, 0) is 22.7 Å². The normalized spacial score (nSPS) is 11.0. The summed E-state index contributed by atoms with van der Waals surface area (Å²) in [6.45, 7) is 0. The number of hydrogen-bond acceptors (Lipinski definition) is 3. The van der Waals surface area contributed by atoms with E-state index >= 15 is 0 Å². The van der Waals surface area contributed by atoms with Gasteiger partial charge in [-0.1, -0.05) is 127 Å². The van der Waals surface area contributed by atoms with Gasteiger partial charge in [0.05, 0.1) is 4.90 Å². The van der Waals surface area contributed by atoms with E-state index in [1.165, 1.54) is 39.4 Å². The summed E-state index contributed by atoms with van der Waals surface area (Å²) in [4.78, 5) is 0.945. The number of fused-ring (bicyclic) bond motifs is 1. The van der Waals surface area contributed by atoms with Crippen molar-refractivity contribution in [3.05, 3.63) is 146 Å². The lowest BCUT2D eigenvalue weighted by Gasteiger charge is -2.16. The third kappa shape index (κ3) is 5.96. The highest BCUT2D eigenvalue weighted by atomic mass is 32.2. The maximum absolute atomic E-state index is 10.9. The number of rotatable bonds is 4. The molecule has 192 valence electrons. The predicted molar refractivity (Wildman–Crippen MR) is 163 cm³/mol. The molecule has 0 amide bonds. The molecule has 0 aliphatic rings. The van der Waals surface area contributed by atoms with Gasteiger partial charge in [0.15, 0.2) is 4.90 Å². The van der Waals surface area contributed by atoms with Crippen LogP contribution >= 0.6 is 0 Å². The molecule has 0 aliphatic heterocycles. The SMILES string of the molecule is O=S(=O)([O-])c1cccc2ccccc12.[SH2+]c1ccc(-c2ccccc2)c(-c2ccccc2)c1-c1ccccc1. The van der Waals surface area contributed by atoms with Gasteiger partial charge in [0.1, 0.15) is 10.1 Å². The van der Waals surface area contributed by atoms with Crippen LogP contribution < -0.4 is 0 Å². The Bertz CT molecular complexity index is 1810. The van der Waals surface area contributed by atoms with Crippen LogP contribution in [0.5, 0.6) is 0 Å². The third-order valence-electron chi connectivity index (χ3n) is 6.43. The molecule has 0 aliphatic carbocycles. The minimum atomic E-state index is -4.38. The van der Waals surface area contributed by atoms with Crippen molar-refractivity contribution in [1.29, 1.82) is 0 Å². The fraction of sp³-hybridized carbons (Fsp3) is 0. The molecule has 0 saturated carbocycles. The second kappa shape index (κ2) is 11.7. The van der Waals surface area contributed by atoms with E-state index in [1.54, 1.807) is 36.4 Å². The second-order valence-corrected chi connectivity index (χ2v) is 10.8. The smallest absolute Gasteiger partial charge is 0.158 e. The van der Waals surface area contributed by atoms with Crippen LogP contribution in [0.25, 0.3) is 44.2 Å². The van der Waals surface area contributed by atoms with Crippen LogP contribution in [0.4, 0.5) is 0 Å². The minimum Gasteiger partial charge on any atom is -0.744 e. The van der Waals surface area contributed by atoms with Crippen LogP contribution in [0.2, 0.25) is 0 Å². The summed E-state index contributed by atoms with van der Waals surface area (Å²) >= 11 is 3.85. The van der Waals surface area contributed by atoms with Crippen LogP contribution in [0.1, 0.15) is 0 Å². The van der Waals surface area contributed by atoms with Gasteiger partial charge in [-0.25, -0.2) is 8.42 Å². The quantitative estimate of drug-likeness (QED) is 0.167. The third-order valence-corrected chi connectivity index (χ3v) is 7.75. The molecule has 0 fully saturated rings. The largest absolute Gasteiger partial charge is 0.744 e. The molecular weight excluding hydrogens is 521 g/mol. The molecule has 6 aromatic rings. The Hall–Kier alpha value is -4.16. The highest BCUT2D eigenvalue weighted by Crippen LogP contribution is 2.42. The first-order chi connectivity index (χ1) is 18.9. The summed E-state index contributed by atoms with van der Waals surface area (Å²) in [7, 11) is -4.38. The summed E-state index contributed by atoms with van der Waals surface area (Å²) in [5.74, 6) is 0. The summed E-state index contributed by atoms with van der Waals surface area (Å²) in [6.07, 6.45) is 0. The molecule has 0 bridgehead atoms. The molecule has 0 saturated heterocycles. The molecule has 0 aromatic heterocycles. The Kier molecular flexibility index (Phi) is 7.94. The molecule has 0 unspecified atom stereocenters. The Balaban J connectivity index is 0.000000186. The Morgan fingerprint density at radius 1 is 0.487 bits per heavy atom. The van der Waals surface area contributed by atoms with Crippen molar-refractivity contribution in [3.8, 4) is 33.4 Å². The second-order valence-electron chi connectivity index (χ2n) is 8.94. The summed E-state index contributed by atoms with van der Waals surface area (Å²) in [5.41, 5.74) is 7.39. The Morgan fingerprint density at radius 3 is 1.56 bits per heavy atom. The monoisotopic (exact) mass is 546 g/mol. The standard InChI is InChI=1S/C24H18S.C10H8O3S/c25-22-17-16-21(18-10-4-1-5-11-18)23(19-12-6-2-7-13-19)24(22)20-14-8-3-9-15-20;11-14(12,13)10-7-3-5-8-4-1-2-6-9(8)10/h1-17,25H;1-7H,(H,11,12,13). The molecule has 5 heteroatoms. The van der Waals surface area contributed by atoms with Crippen molar-refractivity contribution in [2.24, 2.45) is 0 Å². The van der Waals surface area contributed by atoms with Crippen molar-refractivity contribution < 1.29 is 13.0 Å². The predicted octanol–water partition coefficient (Wildman–Crippen LogP) is 7.80. The highest BCUT2D eigenvalue weighted by Gasteiger charge is 2.19. The van der Waals surface area contributed by atoms with Crippen molar-refractivity contribution >= 4 is 33.5 Å². The van der Waals surface area contributed by atoms with Gasteiger partial charge in [0.25, 0.3) is 0 Å². The van der Waals surface area contributed by atoms with Gasteiger partial charge in [-0.15, -0.1) is 0 Å². The first-order valence-corrected chi connectivity index (χ1v) is 14.3. The van der Waals surface area contributed by atoms with E-state index < -0.39 is 10.1 Å². The maximum Gasteiger partial charge on any atom is 0.158 e. The Labute approximate surface area is 234 Å². The van der Waals surface area contributed by atoms with Gasteiger partial charge in [-0.3, -0.25) is 0 Å². The van der Waals surface area contributed by atoms with E-state index in [-0.39, 0.29) is 4.90 Å². The molecule has 39 heavy (non-hydrogen) atoms. The van der Waals surface area contributed by atoms with Gasteiger partial charge in [0, 0.05) is 11.1 Å². The lowest BCUT2D eigenvalue weighted by atomic mass is 9.87. The first kappa shape index (κ1) is 26.4. The van der Waals surface area contributed by atoms with E-state index in [2.05, 4.69) is 116 Å². The lowest BCUT2D eigenvalue weighted by molar-refractivity contribution is 0.464. The molecule has 0 radical (unpaired) electrons. The summed E-state index contributed by atoms with van der Waals surface area (Å²) in [5, 5.41) is 1.23. The molecule has 0 spiro atoms. The van der Waals surface area contributed by atoms with Gasteiger partial charge in [-0.05, 0) is 63.9 Å². The number of benzene rings is 6. The fourth-order valence-electron chi connectivity index (χ4n) is 4.68. The van der Waals surface area contributed by atoms with Gasteiger partial charge in [-0.2, -0.15) is 0 Å². The molecule has 6 rings (SSSR count). The molecule has 0 atom stereocenters. The molecule has 3 nitrogen and oxygen atoms in total. The molecule has 0 N–H and O–H groups in total. The fourth-order valence-corrected chi connectivity index (χ4v) is 5.74. The van der Waals surface area contributed by atoms with Crippen LogP contribution in [-0.4, -0.2) is 13.0 Å². The van der Waals surface area contributed by atoms with E-state index in [0.29, 0.717) is 5.39 Å². The molecular formula is C34H26O3S2. The zero-order chi connectivity index (χ0) is 27.2.